The molecule has 1 aromatic rings. The van der Waals surface area contributed by atoms with Crippen molar-refractivity contribution in [3.05, 3.63) is 16.4 Å². The molecule has 0 amide bonds. The van der Waals surface area contributed by atoms with E-state index in [2.05, 4.69) is 43.1 Å². The van der Waals surface area contributed by atoms with E-state index in [0.29, 0.717) is 6.37 Å². The number of rotatable bonds is 2. The monoisotopic (exact) mass is 334 g/mol. The van der Waals surface area contributed by atoms with Crippen LogP contribution >= 0.6 is 44.3 Å². The van der Waals surface area contributed by atoms with Gasteiger partial charge in [0.15, 0.2) is 0 Å². The molecular formula is C4H5BrIN2OP. The van der Waals surface area contributed by atoms with Gasteiger partial charge in [0, 0.05) is 0 Å². The molecule has 0 aliphatic heterocycles. The van der Waals surface area contributed by atoms with E-state index in [1.165, 1.54) is 0 Å². The van der Waals surface area contributed by atoms with Crippen LogP contribution < -0.4 is 0 Å². The van der Waals surface area contributed by atoms with Gasteiger partial charge in [0.2, 0.25) is 0 Å². The van der Waals surface area contributed by atoms with Crippen LogP contribution in [0.3, 0.4) is 0 Å². The Balaban J connectivity index is 2.96. The minimum Gasteiger partial charge on any atom is -0.390 e. The molecular weight excluding hydrogens is 330 g/mol. The van der Waals surface area contributed by atoms with Gasteiger partial charge in [0.25, 0.3) is 0 Å². The third-order valence-corrected chi connectivity index (χ3v) is 3.30. The molecule has 56 valence electrons. The molecule has 1 heterocycles. The second-order valence-electron chi connectivity index (χ2n) is 1.61. The molecule has 0 bridgehead atoms. The van der Waals surface area contributed by atoms with Crippen LogP contribution in [0.1, 0.15) is 5.69 Å². The highest BCUT2D eigenvalue weighted by molar-refractivity contribution is 14.2. The molecule has 0 spiro atoms. The van der Waals surface area contributed by atoms with Crippen LogP contribution in [0.4, 0.5) is 0 Å². The maximum Gasteiger partial charge on any atom is 0.128 e. The maximum atomic E-state index is 8.78. The van der Waals surface area contributed by atoms with Crippen molar-refractivity contribution in [3.63, 3.8) is 0 Å². The summed E-state index contributed by atoms with van der Waals surface area (Å²) in [5.41, 5.74) is 0.847. The fraction of sp³-hybridized carbons (Fsp3) is 0.250. The van der Waals surface area contributed by atoms with E-state index >= 15 is 0 Å². The summed E-state index contributed by atoms with van der Waals surface area (Å²) in [5, 5.41) is 12.9. The zero-order valence-electron chi connectivity index (χ0n) is 4.88. The van der Waals surface area contributed by atoms with Crippen LogP contribution in [-0.4, -0.2) is 14.7 Å². The Hall–Kier alpha value is 0.810. The summed E-state index contributed by atoms with van der Waals surface area (Å²) in [5.74, 6) is 0. The second kappa shape index (κ2) is 3.99. The number of aliphatic hydroxyl groups is 1. The van der Waals surface area contributed by atoms with Gasteiger partial charge in [0.1, 0.15) is 4.60 Å². The molecule has 1 aromatic heterocycles. The molecule has 6 heteroatoms. The fourth-order valence-electron chi connectivity index (χ4n) is 0.573. The summed E-state index contributed by atoms with van der Waals surface area (Å²) >= 11 is 5.43. The smallest absolute Gasteiger partial charge is 0.128 e. The van der Waals surface area contributed by atoms with Crippen molar-refractivity contribution in [2.24, 2.45) is 0 Å². The standard InChI is InChI=1S/C4H5BrIN2OP/c5-4-1-3(2-9)8(7-4)10-6/h1,9-10H,2H2. The zero-order chi connectivity index (χ0) is 7.56. The minimum atomic E-state index is 0.0502. The Morgan fingerprint density at radius 2 is 2.60 bits per heavy atom. The number of halogens is 2. The number of aromatic nitrogens is 2. The number of hydrogen-bond acceptors (Lipinski definition) is 2. The highest BCUT2D eigenvalue weighted by Crippen LogP contribution is 2.26. The first-order chi connectivity index (χ1) is 4.77. The maximum absolute atomic E-state index is 8.78. The van der Waals surface area contributed by atoms with Gasteiger partial charge in [-0.1, -0.05) is 0 Å². The molecule has 3 nitrogen and oxygen atoms in total. The van der Waals surface area contributed by atoms with Crippen molar-refractivity contribution >= 4 is 44.3 Å². The summed E-state index contributed by atoms with van der Waals surface area (Å²) in [6, 6.07) is 1.81. The molecule has 0 fully saturated rings. The van der Waals surface area contributed by atoms with E-state index < -0.39 is 0 Å². The van der Waals surface area contributed by atoms with Gasteiger partial charge in [-0.2, -0.15) is 5.10 Å². The largest absolute Gasteiger partial charge is 0.390 e. The van der Waals surface area contributed by atoms with E-state index in [1.54, 1.807) is 4.45 Å². The van der Waals surface area contributed by atoms with Crippen LogP contribution in [-0.2, 0) is 6.61 Å². The van der Waals surface area contributed by atoms with Crippen molar-refractivity contribution in [3.8, 4) is 0 Å². The van der Waals surface area contributed by atoms with E-state index in [-0.39, 0.29) is 6.61 Å². The van der Waals surface area contributed by atoms with Crippen LogP contribution in [0.2, 0.25) is 0 Å². The predicted octanol–water partition coefficient (Wildman–Crippen LogP) is 1.93. The van der Waals surface area contributed by atoms with Crippen molar-refractivity contribution in [2.75, 3.05) is 0 Å². The number of nitrogens with zero attached hydrogens (tertiary/aromatic N) is 2. The molecule has 0 saturated heterocycles. The molecule has 1 N–H and O–H groups in total. The molecule has 0 saturated carbocycles. The number of aliphatic hydroxyl groups excluding tert-OH is 1. The third-order valence-electron chi connectivity index (χ3n) is 0.995. The van der Waals surface area contributed by atoms with Gasteiger partial charge in [-0.15, -0.1) is 0 Å². The average Bonchev–Trinajstić information content (AvgIpc) is 2.30. The molecule has 1 unspecified atom stereocenters. The summed E-state index contributed by atoms with van der Waals surface area (Å²) < 4.78 is 2.55. The summed E-state index contributed by atoms with van der Waals surface area (Å²) in [4.78, 5) is 0. The Bertz CT molecular complexity index is 208. The highest BCUT2D eigenvalue weighted by Gasteiger charge is 2.02. The molecule has 0 aromatic carbocycles. The number of hydrogen-bond donors (Lipinski definition) is 1. The topological polar surface area (TPSA) is 38.1 Å². The Labute approximate surface area is 81.6 Å². The lowest BCUT2D eigenvalue weighted by Gasteiger charge is -1.96. The molecule has 1 rings (SSSR count). The van der Waals surface area contributed by atoms with E-state index in [9.17, 15) is 0 Å². The van der Waals surface area contributed by atoms with Gasteiger partial charge < -0.3 is 5.11 Å². The van der Waals surface area contributed by atoms with Crippen molar-refractivity contribution in [1.82, 2.24) is 9.55 Å². The second-order valence-corrected chi connectivity index (χ2v) is 4.47. The first kappa shape index (κ1) is 8.90. The van der Waals surface area contributed by atoms with Crippen LogP contribution in [0.15, 0.2) is 10.7 Å². The van der Waals surface area contributed by atoms with Crippen molar-refractivity contribution in [2.45, 2.75) is 6.61 Å². The lowest BCUT2D eigenvalue weighted by molar-refractivity contribution is 0.275. The van der Waals surface area contributed by atoms with Crippen LogP contribution in [0, 0.1) is 0 Å². The summed E-state index contributed by atoms with van der Waals surface area (Å²) in [6.07, 6.45) is 0.542. The van der Waals surface area contributed by atoms with Gasteiger partial charge in [-0.05, 0) is 44.0 Å². The van der Waals surface area contributed by atoms with Crippen LogP contribution in [0.5, 0.6) is 0 Å². The highest BCUT2D eigenvalue weighted by atomic mass is 127. The molecule has 0 aliphatic carbocycles. The van der Waals surface area contributed by atoms with Gasteiger partial charge in [-0.25, -0.2) is 4.45 Å². The van der Waals surface area contributed by atoms with Crippen LogP contribution in [0.25, 0.3) is 0 Å². The summed E-state index contributed by atoms with van der Waals surface area (Å²) in [6.45, 7) is 0.0502. The summed E-state index contributed by atoms with van der Waals surface area (Å²) in [7, 11) is 0. The normalized spacial score (nSPS) is 11.5. The Morgan fingerprint density at radius 3 is 3.00 bits per heavy atom. The Kier molecular flexibility index (Phi) is 3.55. The predicted molar refractivity (Wildman–Crippen MR) is 53.6 cm³/mol. The average molecular weight is 335 g/mol. The molecule has 0 radical (unpaired) electrons. The van der Waals surface area contributed by atoms with Crippen molar-refractivity contribution in [1.29, 1.82) is 0 Å². The van der Waals surface area contributed by atoms with Gasteiger partial charge in [0.05, 0.1) is 18.7 Å². The van der Waals surface area contributed by atoms with E-state index in [1.807, 2.05) is 6.07 Å². The van der Waals surface area contributed by atoms with E-state index in [4.69, 9.17) is 5.11 Å². The van der Waals surface area contributed by atoms with Gasteiger partial charge in [-0.3, -0.25) is 0 Å². The molecule has 1 atom stereocenters. The fourth-order valence-corrected chi connectivity index (χ4v) is 2.78. The molecule has 10 heavy (non-hydrogen) atoms. The first-order valence-corrected chi connectivity index (χ1v) is 7.35. The first-order valence-electron chi connectivity index (χ1n) is 2.50. The Morgan fingerprint density at radius 1 is 1.90 bits per heavy atom. The van der Waals surface area contributed by atoms with E-state index in [0.717, 1.165) is 10.3 Å². The molecule has 0 aliphatic rings. The SMILES string of the molecule is OCc1cc(Br)nn1PI. The van der Waals surface area contributed by atoms with Crippen molar-refractivity contribution < 1.29 is 5.11 Å². The lowest BCUT2D eigenvalue weighted by atomic mass is 10.5. The van der Waals surface area contributed by atoms with Gasteiger partial charge >= 0.3 is 0 Å². The zero-order valence-corrected chi connectivity index (χ0v) is 9.63. The quantitative estimate of drug-likeness (QED) is 0.663. The third kappa shape index (κ3) is 1.90. The minimum absolute atomic E-state index is 0.0502. The lowest BCUT2D eigenvalue weighted by Crippen LogP contribution is -1.91.